The number of cyclic esters (lactones) is 1. The number of rotatable bonds is 7. The molecule has 0 N–H and O–H groups in total. The minimum atomic E-state index is -5.06. The summed E-state index contributed by atoms with van der Waals surface area (Å²) in [4.78, 5) is 13.6. The molecule has 3 rings (SSSR count). The summed E-state index contributed by atoms with van der Waals surface area (Å²) < 4.78 is 112. The standard InChI is InChI=1S/C21H17Cl2F6NO5S/c1-36(32,33)34-5-4-19(13-2-3-16(22)17(23)9-13)11-30(18(31)35-19)10-12-6-14(20(24,25)26)8-15(7-12)21(27,28)29/h2-3,6-9H,4-5,10-11H2,1H3. The molecule has 0 aromatic heterocycles. The lowest BCUT2D eigenvalue weighted by atomic mass is 9.90. The van der Waals surface area contributed by atoms with Crippen LogP contribution >= 0.6 is 23.2 Å². The molecule has 1 atom stereocenters. The first-order valence-electron chi connectivity index (χ1n) is 9.96. The molecule has 6 nitrogen and oxygen atoms in total. The third-order valence-corrected chi connectivity index (χ3v) is 6.59. The van der Waals surface area contributed by atoms with Crippen LogP contribution in [0.15, 0.2) is 36.4 Å². The zero-order valence-corrected chi connectivity index (χ0v) is 20.5. The summed E-state index contributed by atoms with van der Waals surface area (Å²) in [6.07, 6.45) is -10.6. The molecule has 1 amide bonds. The number of ether oxygens (including phenoxy) is 1. The highest BCUT2D eigenvalue weighted by atomic mass is 35.5. The summed E-state index contributed by atoms with van der Waals surface area (Å²) in [7, 11) is -3.87. The number of alkyl halides is 6. The maximum Gasteiger partial charge on any atom is 0.416 e. The second-order valence-electron chi connectivity index (χ2n) is 8.04. The highest BCUT2D eigenvalue weighted by molar-refractivity contribution is 7.85. The van der Waals surface area contributed by atoms with Crippen LogP contribution in [0.1, 0.15) is 28.7 Å². The van der Waals surface area contributed by atoms with Crippen LogP contribution in [0.25, 0.3) is 0 Å². The molecule has 0 saturated carbocycles. The number of carbonyl (C=O) groups excluding carboxylic acids is 1. The van der Waals surface area contributed by atoms with Crippen molar-refractivity contribution in [2.45, 2.75) is 30.9 Å². The molecule has 1 aliphatic rings. The molecule has 0 radical (unpaired) electrons. The van der Waals surface area contributed by atoms with Crippen LogP contribution < -0.4 is 0 Å². The van der Waals surface area contributed by atoms with Gasteiger partial charge in [-0.1, -0.05) is 29.3 Å². The average Bonchev–Trinajstić information content (AvgIpc) is 3.03. The van der Waals surface area contributed by atoms with Crippen molar-refractivity contribution in [3.63, 3.8) is 0 Å². The van der Waals surface area contributed by atoms with Gasteiger partial charge in [0.05, 0.1) is 40.6 Å². The van der Waals surface area contributed by atoms with Crippen molar-refractivity contribution in [3.05, 3.63) is 68.7 Å². The van der Waals surface area contributed by atoms with Gasteiger partial charge in [0.1, 0.15) is 0 Å². The average molecular weight is 580 g/mol. The van der Waals surface area contributed by atoms with Gasteiger partial charge in [-0.2, -0.15) is 34.8 Å². The largest absolute Gasteiger partial charge is 0.436 e. The molecule has 1 heterocycles. The van der Waals surface area contributed by atoms with E-state index < -0.39 is 64.0 Å². The fourth-order valence-corrected chi connectivity index (χ4v) is 4.33. The van der Waals surface area contributed by atoms with Crippen LogP contribution in [0.5, 0.6) is 0 Å². The summed E-state index contributed by atoms with van der Waals surface area (Å²) in [5.74, 6) is 0. The van der Waals surface area contributed by atoms with Crippen molar-refractivity contribution < 1.29 is 48.5 Å². The molecule has 0 aliphatic carbocycles. The summed E-state index contributed by atoms with van der Waals surface area (Å²) in [5.41, 5.74) is -4.81. The zero-order chi connectivity index (χ0) is 27.1. The van der Waals surface area contributed by atoms with Crippen LogP contribution in [0.3, 0.4) is 0 Å². The van der Waals surface area contributed by atoms with Crippen LogP contribution in [0.2, 0.25) is 10.0 Å². The fourth-order valence-electron chi connectivity index (χ4n) is 3.65. The number of hydrogen-bond acceptors (Lipinski definition) is 5. The Hall–Kier alpha value is -2.22. The van der Waals surface area contributed by atoms with Gasteiger partial charge in [0.25, 0.3) is 10.1 Å². The number of benzene rings is 2. The van der Waals surface area contributed by atoms with Gasteiger partial charge in [-0.25, -0.2) is 4.79 Å². The molecule has 1 aliphatic heterocycles. The third-order valence-electron chi connectivity index (χ3n) is 5.26. The molecule has 1 fully saturated rings. The van der Waals surface area contributed by atoms with Gasteiger partial charge in [-0.3, -0.25) is 9.08 Å². The molecule has 15 heteroatoms. The Bertz CT molecular complexity index is 1240. The fraction of sp³-hybridized carbons (Fsp3) is 0.381. The van der Waals surface area contributed by atoms with Gasteiger partial charge < -0.3 is 4.74 Å². The van der Waals surface area contributed by atoms with E-state index in [9.17, 15) is 39.6 Å². The van der Waals surface area contributed by atoms with Crippen molar-refractivity contribution >= 4 is 39.4 Å². The van der Waals surface area contributed by atoms with Crippen molar-refractivity contribution in [1.29, 1.82) is 0 Å². The van der Waals surface area contributed by atoms with E-state index in [4.69, 9.17) is 32.1 Å². The Labute approximate surface area is 211 Å². The Morgan fingerprint density at radius 1 is 1.00 bits per heavy atom. The van der Waals surface area contributed by atoms with E-state index in [0.29, 0.717) is 12.1 Å². The quantitative estimate of drug-likeness (QED) is 0.286. The lowest BCUT2D eigenvalue weighted by Crippen LogP contribution is -2.33. The molecular formula is C21H17Cl2F6NO5S. The summed E-state index contributed by atoms with van der Waals surface area (Å²) in [5, 5.41) is 0.229. The Morgan fingerprint density at radius 3 is 2.08 bits per heavy atom. The molecular weight excluding hydrogens is 563 g/mol. The topological polar surface area (TPSA) is 72.9 Å². The highest BCUT2D eigenvalue weighted by Gasteiger charge is 2.47. The predicted molar refractivity (Wildman–Crippen MR) is 117 cm³/mol. The third kappa shape index (κ3) is 6.75. The van der Waals surface area contributed by atoms with E-state index in [2.05, 4.69) is 0 Å². The van der Waals surface area contributed by atoms with Crippen LogP contribution in [-0.4, -0.2) is 38.8 Å². The SMILES string of the molecule is CS(=O)(=O)OCCC1(c2ccc(Cl)c(Cl)c2)CN(Cc2cc(C(F)(F)F)cc(C(F)(F)F)c2)C(=O)O1. The van der Waals surface area contributed by atoms with Crippen molar-refractivity contribution in [2.75, 3.05) is 19.4 Å². The van der Waals surface area contributed by atoms with E-state index >= 15 is 0 Å². The van der Waals surface area contributed by atoms with Gasteiger partial charge in [0.15, 0.2) is 5.60 Å². The van der Waals surface area contributed by atoms with E-state index in [1.54, 1.807) is 0 Å². The second-order valence-corrected chi connectivity index (χ2v) is 10.5. The summed E-state index contributed by atoms with van der Waals surface area (Å²) in [6, 6.07) is 5.18. The number of nitrogens with zero attached hydrogens (tertiary/aromatic N) is 1. The lowest BCUT2D eigenvalue weighted by Gasteiger charge is -2.27. The number of halogens is 8. The first-order chi connectivity index (χ1) is 16.4. The zero-order valence-electron chi connectivity index (χ0n) is 18.2. The molecule has 0 bridgehead atoms. The number of hydrogen-bond donors (Lipinski definition) is 0. The smallest absolute Gasteiger partial charge is 0.416 e. The maximum atomic E-state index is 13.2. The minimum Gasteiger partial charge on any atom is -0.436 e. The normalized spacial score (nSPS) is 19.0. The summed E-state index contributed by atoms with van der Waals surface area (Å²) >= 11 is 12.0. The predicted octanol–water partition coefficient (Wildman–Crippen LogP) is 6.25. The Kier molecular flexibility index (Phi) is 7.81. The van der Waals surface area contributed by atoms with E-state index in [1.807, 2.05) is 0 Å². The molecule has 1 saturated heterocycles. The maximum absolute atomic E-state index is 13.2. The first-order valence-corrected chi connectivity index (χ1v) is 12.5. The second kappa shape index (κ2) is 9.92. The van der Waals surface area contributed by atoms with Crippen molar-refractivity contribution in [1.82, 2.24) is 4.90 Å². The number of carbonyl (C=O) groups is 1. The van der Waals surface area contributed by atoms with Crippen LogP contribution in [-0.2, 0) is 43.5 Å². The van der Waals surface area contributed by atoms with Gasteiger partial charge in [-0.15, -0.1) is 0 Å². The van der Waals surface area contributed by atoms with Crippen LogP contribution in [0.4, 0.5) is 31.1 Å². The van der Waals surface area contributed by atoms with Gasteiger partial charge >= 0.3 is 18.4 Å². The molecule has 36 heavy (non-hydrogen) atoms. The molecule has 1 unspecified atom stereocenters. The van der Waals surface area contributed by atoms with Gasteiger partial charge in [0.2, 0.25) is 0 Å². The van der Waals surface area contributed by atoms with Crippen molar-refractivity contribution in [2.24, 2.45) is 0 Å². The first kappa shape index (κ1) is 28.4. The Morgan fingerprint density at radius 2 is 1.58 bits per heavy atom. The molecule has 2 aromatic carbocycles. The van der Waals surface area contributed by atoms with Crippen molar-refractivity contribution in [3.8, 4) is 0 Å². The molecule has 2 aromatic rings. The summed E-state index contributed by atoms with van der Waals surface area (Å²) in [6.45, 7) is -1.45. The lowest BCUT2D eigenvalue weighted by molar-refractivity contribution is -0.143. The molecule has 0 spiro atoms. The minimum absolute atomic E-state index is 0.0195. The van der Waals surface area contributed by atoms with E-state index in [0.717, 1.165) is 11.2 Å². The van der Waals surface area contributed by atoms with E-state index in [-0.39, 0.29) is 34.6 Å². The number of amides is 1. The monoisotopic (exact) mass is 579 g/mol. The van der Waals surface area contributed by atoms with Gasteiger partial charge in [0, 0.05) is 13.0 Å². The molecule has 198 valence electrons. The van der Waals surface area contributed by atoms with E-state index in [1.165, 1.54) is 18.2 Å². The van der Waals surface area contributed by atoms with Crippen LogP contribution in [0, 0.1) is 0 Å². The Balaban J connectivity index is 1.97. The van der Waals surface area contributed by atoms with Gasteiger partial charge in [-0.05, 0) is 41.5 Å². The highest BCUT2D eigenvalue weighted by Crippen LogP contribution is 2.41.